The van der Waals surface area contributed by atoms with Crippen molar-refractivity contribution >= 4 is 0 Å². The number of alkyl halides is 1. The summed E-state index contributed by atoms with van der Waals surface area (Å²) in [5, 5.41) is 9.15. The summed E-state index contributed by atoms with van der Waals surface area (Å²) in [6.07, 6.45) is 1.56. The molecule has 2 unspecified atom stereocenters. The Bertz CT molecular complexity index is 311. The van der Waals surface area contributed by atoms with Crippen LogP contribution >= 0.6 is 0 Å². The minimum absolute atomic E-state index is 0.0592. The normalized spacial score (nSPS) is 26.7. The number of rotatable bonds is 2. The second-order valence-electron chi connectivity index (χ2n) is 3.96. The Morgan fingerprint density at radius 1 is 1.29 bits per heavy atom. The van der Waals surface area contributed by atoms with Crippen LogP contribution in [-0.2, 0) is 6.61 Å². The first-order valence-corrected chi connectivity index (χ1v) is 5.14. The van der Waals surface area contributed by atoms with Crippen molar-refractivity contribution in [2.24, 2.45) is 0 Å². The van der Waals surface area contributed by atoms with Gasteiger partial charge in [0.05, 0.1) is 6.61 Å². The molecule has 0 bridgehead atoms. The average Bonchev–Trinajstić information content (AvgIpc) is 2.65. The molecule has 0 aliphatic heterocycles. The molecule has 14 heavy (non-hydrogen) atoms. The quantitative estimate of drug-likeness (QED) is 0.767. The average molecular weight is 194 g/mol. The van der Waals surface area contributed by atoms with Crippen molar-refractivity contribution in [1.82, 2.24) is 0 Å². The van der Waals surface area contributed by atoms with Gasteiger partial charge in [-0.2, -0.15) is 0 Å². The summed E-state index contributed by atoms with van der Waals surface area (Å²) in [4.78, 5) is 0. The molecule has 0 amide bonds. The standard InChI is InChI=1S/C12H15FO/c13-11-6-5-9(7-11)12-4-2-1-3-10(12)8-14/h1-4,9,11,14H,5-8H2. The van der Waals surface area contributed by atoms with Crippen LogP contribution in [0.2, 0.25) is 0 Å². The van der Waals surface area contributed by atoms with Gasteiger partial charge in [-0.05, 0) is 36.3 Å². The molecule has 2 rings (SSSR count). The van der Waals surface area contributed by atoms with Crippen molar-refractivity contribution in [2.45, 2.75) is 38.0 Å². The number of hydrogen-bond donors (Lipinski definition) is 1. The largest absolute Gasteiger partial charge is 0.392 e. The smallest absolute Gasteiger partial charge is 0.101 e. The van der Waals surface area contributed by atoms with Crippen LogP contribution in [0.5, 0.6) is 0 Å². The van der Waals surface area contributed by atoms with Crippen LogP contribution in [-0.4, -0.2) is 11.3 Å². The van der Waals surface area contributed by atoms with Crippen LogP contribution in [0.4, 0.5) is 4.39 Å². The predicted molar refractivity (Wildman–Crippen MR) is 53.9 cm³/mol. The molecular formula is C12H15FO. The first-order valence-electron chi connectivity index (χ1n) is 5.14. The van der Waals surface area contributed by atoms with E-state index in [9.17, 15) is 4.39 Å². The van der Waals surface area contributed by atoms with E-state index >= 15 is 0 Å². The van der Waals surface area contributed by atoms with Crippen molar-refractivity contribution in [1.29, 1.82) is 0 Å². The first kappa shape index (κ1) is 9.66. The fourth-order valence-electron chi connectivity index (χ4n) is 2.29. The summed E-state index contributed by atoms with van der Waals surface area (Å²) in [7, 11) is 0. The lowest BCUT2D eigenvalue weighted by Gasteiger charge is -2.13. The monoisotopic (exact) mass is 194 g/mol. The Labute approximate surface area is 83.6 Å². The molecule has 1 aliphatic rings. The molecule has 1 aromatic carbocycles. The second kappa shape index (κ2) is 4.09. The molecule has 0 aromatic heterocycles. The van der Waals surface area contributed by atoms with E-state index in [-0.39, 0.29) is 6.61 Å². The van der Waals surface area contributed by atoms with Crippen LogP contribution < -0.4 is 0 Å². The maximum absolute atomic E-state index is 13.0. The number of hydrogen-bond acceptors (Lipinski definition) is 1. The van der Waals surface area contributed by atoms with Crippen molar-refractivity contribution < 1.29 is 9.50 Å². The Kier molecular flexibility index (Phi) is 2.82. The molecule has 0 spiro atoms. The zero-order valence-electron chi connectivity index (χ0n) is 8.12. The van der Waals surface area contributed by atoms with E-state index in [2.05, 4.69) is 0 Å². The van der Waals surface area contributed by atoms with Gasteiger partial charge in [-0.25, -0.2) is 4.39 Å². The second-order valence-corrected chi connectivity index (χ2v) is 3.96. The van der Waals surface area contributed by atoms with Gasteiger partial charge < -0.3 is 5.11 Å². The van der Waals surface area contributed by atoms with Crippen LogP contribution in [0.1, 0.15) is 36.3 Å². The van der Waals surface area contributed by atoms with Crippen LogP contribution in [0, 0.1) is 0 Å². The molecule has 1 saturated carbocycles. The zero-order valence-corrected chi connectivity index (χ0v) is 8.12. The third-order valence-electron chi connectivity index (χ3n) is 3.03. The Balaban J connectivity index is 2.22. The van der Waals surface area contributed by atoms with Crippen LogP contribution in [0.25, 0.3) is 0 Å². The SMILES string of the molecule is OCc1ccccc1C1CCC(F)C1. The van der Waals surface area contributed by atoms with Crippen molar-refractivity contribution in [3.8, 4) is 0 Å². The Morgan fingerprint density at radius 2 is 2.07 bits per heavy atom. The topological polar surface area (TPSA) is 20.2 Å². The zero-order chi connectivity index (χ0) is 9.97. The molecule has 1 fully saturated rings. The summed E-state index contributed by atoms with van der Waals surface area (Å²) >= 11 is 0. The van der Waals surface area contributed by atoms with Crippen molar-refractivity contribution in [2.75, 3.05) is 0 Å². The molecular weight excluding hydrogens is 179 g/mol. The highest BCUT2D eigenvalue weighted by atomic mass is 19.1. The van der Waals surface area contributed by atoms with Gasteiger partial charge >= 0.3 is 0 Å². The number of aliphatic hydroxyl groups is 1. The fraction of sp³-hybridized carbons (Fsp3) is 0.500. The maximum atomic E-state index is 13.0. The highest BCUT2D eigenvalue weighted by Gasteiger charge is 2.26. The van der Waals surface area contributed by atoms with Crippen LogP contribution in [0.15, 0.2) is 24.3 Å². The minimum Gasteiger partial charge on any atom is -0.392 e. The lowest BCUT2D eigenvalue weighted by molar-refractivity contribution is 0.279. The van der Waals surface area contributed by atoms with Gasteiger partial charge in [-0.1, -0.05) is 24.3 Å². The van der Waals surface area contributed by atoms with Crippen molar-refractivity contribution in [3.05, 3.63) is 35.4 Å². The molecule has 76 valence electrons. The molecule has 2 heteroatoms. The molecule has 1 nitrogen and oxygen atoms in total. The highest BCUT2D eigenvalue weighted by molar-refractivity contribution is 5.30. The van der Waals surface area contributed by atoms with Gasteiger partial charge in [0.25, 0.3) is 0 Å². The predicted octanol–water partition coefficient (Wildman–Crippen LogP) is 2.78. The highest BCUT2D eigenvalue weighted by Crippen LogP contribution is 2.37. The minimum atomic E-state index is -0.647. The molecule has 1 aliphatic carbocycles. The van der Waals surface area contributed by atoms with E-state index < -0.39 is 6.17 Å². The van der Waals surface area contributed by atoms with E-state index in [1.807, 2.05) is 24.3 Å². The molecule has 1 N–H and O–H groups in total. The fourth-order valence-corrected chi connectivity index (χ4v) is 2.29. The lowest BCUT2D eigenvalue weighted by Crippen LogP contribution is -2.00. The van der Waals surface area contributed by atoms with Crippen molar-refractivity contribution in [3.63, 3.8) is 0 Å². The van der Waals surface area contributed by atoms with Gasteiger partial charge in [0.15, 0.2) is 0 Å². The van der Waals surface area contributed by atoms with E-state index in [1.165, 1.54) is 0 Å². The molecule has 0 heterocycles. The summed E-state index contributed by atoms with van der Waals surface area (Å²) in [6, 6.07) is 7.80. The molecule has 0 radical (unpaired) electrons. The van der Waals surface area contributed by atoms with E-state index in [0.717, 1.165) is 17.5 Å². The molecule has 2 atom stereocenters. The number of halogens is 1. The van der Waals surface area contributed by atoms with Gasteiger partial charge in [0, 0.05) is 0 Å². The van der Waals surface area contributed by atoms with Crippen LogP contribution in [0.3, 0.4) is 0 Å². The van der Waals surface area contributed by atoms with Gasteiger partial charge in [0.2, 0.25) is 0 Å². The number of aliphatic hydroxyl groups excluding tert-OH is 1. The molecule has 1 aromatic rings. The summed E-state index contributed by atoms with van der Waals surface area (Å²) in [5.41, 5.74) is 2.08. The summed E-state index contributed by atoms with van der Waals surface area (Å²) < 4.78 is 13.0. The lowest BCUT2D eigenvalue weighted by atomic mass is 9.93. The Morgan fingerprint density at radius 3 is 2.71 bits per heavy atom. The molecule has 0 saturated heterocycles. The third kappa shape index (κ3) is 1.80. The number of benzene rings is 1. The summed E-state index contributed by atoms with van der Waals surface area (Å²) in [5.74, 6) is 0.313. The maximum Gasteiger partial charge on any atom is 0.101 e. The summed E-state index contributed by atoms with van der Waals surface area (Å²) in [6.45, 7) is 0.0592. The van der Waals surface area contributed by atoms with Gasteiger partial charge in [-0.15, -0.1) is 0 Å². The van der Waals surface area contributed by atoms with E-state index in [4.69, 9.17) is 5.11 Å². The first-order chi connectivity index (χ1) is 6.81. The van der Waals surface area contributed by atoms with E-state index in [1.54, 1.807) is 0 Å². The third-order valence-corrected chi connectivity index (χ3v) is 3.03. The van der Waals surface area contributed by atoms with E-state index in [0.29, 0.717) is 18.8 Å². The van der Waals surface area contributed by atoms with Gasteiger partial charge in [-0.3, -0.25) is 0 Å². The Hall–Kier alpha value is -0.890. The van der Waals surface area contributed by atoms with Gasteiger partial charge in [0.1, 0.15) is 6.17 Å².